The molecule has 0 aromatic carbocycles. The van der Waals surface area contributed by atoms with Gasteiger partial charge in [-0.15, -0.1) is 11.3 Å². The Bertz CT molecular complexity index is 371. The fourth-order valence-electron chi connectivity index (χ4n) is 1.29. The monoisotopic (exact) mass is 256 g/mol. The van der Waals surface area contributed by atoms with Gasteiger partial charge in [-0.3, -0.25) is 4.79 Å². The van der Waals surface area contributed by atoms with E-state index in [1.54, 1.807) is 11.3 Å². The Morgan fingerprint density at radius 3 is 2.81 bits per heavy atom. The van der Waals surface area contributed by atoms with Crippen molar-refractivity contribution in [1.82, 2.24) is 5.32 Å². The van der Waals surface area contributed by atoms with Crippen molar-refractivity contribution in [2.75, 3.05) is 6.54 Å². The lowest BCUT2D eigenvalue weighted by Gasteiger charge is -2.23. The van der Waals surface area contributed by atoms with Crippen LogP contribution in [0.2, 0.25) is 0 Å². The highest BCUT2D eigenvalue weighted by Crippen LogP contribution is 2.26. The molecule has 0 bridgehead atoms. The molecule has 88 valence electrons. The van der Waals surface area contributed by atoms with E-state index in [4.69, 9.17) is 5.73 Å². The molecule has 0 aliphatic heterocycles. The van der Waals surface area contributed by atoms with Crippen LogP contribution in [0.1, 0.15) is 25.1 Å². The number of hydrogen-bond donors (Lipinski definition) is 2. The van der Waals surface area contributed by atoms with Crippen LogP contribution >= 0.6 is 23.6 Å². The molecule has 0 saturated heterocycles. The zero-order chi connectivity index (χ0) is 12.2. The maximum atomic E-state index is 11.4. The van der Waals surface area contributed by atoms with Crippen molar-refractivity contribution in [2.45, 2.75) is 25.7 Å². The smallest absolute Gasteiger partial charge is 0.226 e. The van der Waals surface area contributed by atoms with Gasteiger partial charge in [-0.1, -0.05) is 32.1 Å². The minimum Gasteiger partial charge on any atom is -0.393 e. The van der Waals surface area contributed by atoms with Crippen molar-refractivity contribution in [2.24, 2.45) is 5.73 Å². The third-order valence-electron chi connectivity index (χ3n) is 2.25. The average molecular weight is 256 g/mol. The Kier molecular flexibility index (Phi) is 4.44. The first-order valence-corrected chi connectivity index (χ1v) is 6.29. The highest BCUT2D eigenvalue weighted by molar-refractivity contribution is 7.80. The van der Waals surface area contributed by atoms with Crippen LogP contribution in [0.3, 0.4) is 0 Å². The minimum atomic E-state index is -0.114. The second-order valence-electron chi connectivity index (χ2n) is 4.28. The fourth-order valence-corrected chi connectivity index (χ4v) is 2.27. The van der Waals surface area contributed by atoms with Gasteiger partial charge in [0, 0.05) is 16.8 Å². The van der Waals surface area contributed by atoms with E-state index in [9.17, 15) is 4.79 Å². The van der Waals surface area contributed by atoms with Gasteiger partial charge in [-0.2, -0.15) is 0 Å². The number of hydrogen-bond acceptors (Lipinski definition) is 3. The van der Waals surface area contributed by atoms with Gasteiger partial charge < -0.3 is 11.1 Å². The van der Waals surface area contributed by atoms with Gasteiger partial charge >= 0.3 is 0 Å². The summed E-state index contributed by atoms with van der Waals surface area (Å²) < 4.78 is 0. The number of nitrogens with two attached hydrogens (primary N) is 1. The molecule has 0 aliphatic rings. The van der Waals surface area contributed by atoms with E-state index < -0.39 is 0 Å². The van der Waals surface area contributed by atoms with Gasteiger partial charge in [0.25, 0.3) is 0 Å². The van der Waals surface area contributed by atoms with Gasteiger partial charge in [0.15, 0.2) is 0 Å². The Balaban J connectivity index is 2.48. The molecule has 16 heavy (non-hydrogen) atoms. The third kappa shape index (κ3) is 3.90. The predicted molar refractivity (Wildman–Crippen MR) is 71.8 cm³/mol. The number of carbonyl (C=O) groups is 1. The van der Waals surface area contributed by atoms with E-state index in [2.05, 4.69) is 37.4 Å². The molecule has 1 amide bonds. The van der Waals surface area contributed by atoms with Gasteiger partial charge in [0.2, 0.25) is 5.91 Å². The number of nitrogens with one attached hydrogen (secondary N) is 1. The molecule has 0 saturated carbocycles. The summed E-state index contributed by atoms with van der Waals surface area (Å²) in [5.74, 6) is -0.114. The van der Waals surface area contributed by atoms with Crippen LogP contribution in [0.25, 0.3) is 0 Å². The number of carbonyl (C=O) groups excluding carboxylic acids is 1. The number of thiophene rings is 1. The topological polar surface area (TPSA) is 55.1 Å². The number of rotatable bonds is 5. The molecule has 1 heterocycles. The predicted octanol–water partition coefficient (Wildman–Crippen LogP) is 1.82. The highest BCUT2D eigenvalue weighted by atomic mass is 32.1. The first kappa shape index (κ1) is 13.1. The molecule has 0 radical (unpaired) electrons. The maximum Gasteiger partial charge on any atom is 0.226 e. The summed E-state index contributed by atoms with van der Waals surface area (Å²) in [6.45, 7) is 4.79. The maximum absolute atomic E-state index is 11.4. The van der Waals surface area contributed by atoms with Crippen molar-refractivity contribution in [1.29, 1.82) is 0 Å². The zero-order valence-corrected chi connectivity index (χ0v) is 11.1. The molecule has 3 nitrogen and oxygen atoms in total. The van der Waals surface area contributed by atoms with Gasteiger partial charge in [-0.25, -0.2) is 0 Å². The Morgan fingerprint density at radius 2 is 2.31 bits per heavy atom. The molecule has 0 aliphatic carbocycles. The summed E-state index contributed by atoms with van der Waals surface area (Å²) in [5, 5.41) is 4.88. The molecule has 1 aromatic heterocycles. The Hall–Kier alpha value is -0.940. The lowest BCUT2D eigenvalue weighted by atomic mass is 9.91. The molecule has 1 rings (SSSR count). The van der Waals surface area contributed by atoms with Gasteiger partial charge in [-0.05, 0) is 11.4 Å². The SMILES string of the molecule is CC(C)(CNC(=O)CC(N)=S)c1cccs1. The van der Waals surface area contributed by atoms with E-state index in [1.165, 1.54) is 4.88 Å². The van der Waals surface area contributed by atoms with Crippen LogP contribution in [0.5, 0.6) is 0 Å². The van der Waals surface area contributed by atoms with E-state index >= 15 is 0 Å². The molecule has 3 N–H and O–H groups in total. The van der Waals surface area contributed by atoms with E-state index in [0.29, 0.717) is 6.54 Å². The van der Waals surface area contributed by atoms with Crippen LogP contribution in [-0.4, -0.2) is 17.4 Å². The van der Waals surface area contributed by atoms with Crippen molar-refractivity contribution < 1.29 is 4.79 Å². The highest BCUT2D eigenvalue weighted by Gasteiger charge is 2.22. The normalized spacial score (nSPS) is 11.1. The largest absolute Gasteiger partial charge is 0.393 e. The average Bonchev–Trinajstić information content (AvgIpc) is 2.67. The van der Waals surface area contributed by atoms with Gasteiger partial charge in [0.1, 0.15) is 0 Å². The minimum absolute atomic E-state index is 0.0555. The van der Waals surface area contributed by atoms with Crippen LogP contribution in [-0.2, 0) is 10.2 Å². The first-order chi connectivity index (χ1) is 7.42. The Labute approximate surface area is 105 Å². The summed E-state index contributed by atoms with van der Waals surface area (Å²) in [7, 11) is 0. The zero-order valence-electron chi connectivity index (χ0n) is 9.45. The number of amides is 1. The van der Waals surface area contributed by atoms with Crippen molar-refractivity contribution in [3.63, 3.8) is 0 Å². The molecular formula is C11H16N2OS2. The summed E-state index contributed by atoms with van der Waals surface area (Å²) in [6.07, 6.45) is 0.121. The molecule has 0 spiro atoms. The number of thiocarbonyl (C=S) groups is 1. The first-order valence-electron chi connectivity index (χ1n) is 5.01. The quantitative estimate of drug-likeness (QED) is 0.790. The lowest BCUT2D eigenvalue weighted by Crippen LogP contribution is -2.37. The second-order valence-corrected chi connectivity index (χ2v) is 5.75. The van der Waals surface area contributed by atoms with Crippen LogP contribution in [0.4, 0.5) is 0 Å². The van der Waals surface area contributed by atoms with Crippen LogP contribution in [0, 0.1) is 0 Å². The van der Waals surface area contributed by atoms with E-state index in [0.717, 1.165) is 0 Å². The van der Waals surface area contributed by atoms with Crippen molar-refractivity contribution in [3.05, 3.63) is 22.4 Å². The Morgan fingerprint density at radius 1 is 1.62 bits per heavy atom. The van der Waals surface area contributed by atoms with E-state index in [1.807, 2.05) is 11.4 Å². The summed E-state index contributed by atoms with van der Waals surface area (Å²) in [4.78, 5) is 12.9. The fraction of sp³-hybridized carbons (Fsp3) is 0.455. The van der Waals surface area contributed by atoms with Gasteiger partial charge in [0.05, 0.1) is 11.4 Å². The lowest BCUT2D eigenvalue weighted by molar-refractivity contribution is -0.120. The van der Waals surface area contributed by atoms with E-state index in [-0.39, 0.29) is 22.7 Å². The van der Waals surface area contributed by atoms with Crippen LogP contribution in [0.15, 0.2) is 17.5 Å². The summed E-state index contributed by atoms with van der Waals surface area (Å²) >= 11 is 6.37. The molecule has 1 aromatic rings. The standard InChI is InChI=1S/C11H16N2OS2/c1-11(2,8-4-3-5-16-8)7-13-10(14)6-9(12)15/h3-5H,6-7H2,1-2H3,(H2,12,15)(H,13,14). The summed E-state index contributed by atoms with van der Waals surface area (Å²) in [6, 6.07) is 4.09. The van der Waals surface area contributed by atoms with Crippen molar-refractivity contribution in [3.8, 4) is 0 Å². The molecule has 0 fully saturated rings. The molecular weight excluding hydrogens is 240 g/mol. The third-order valence-corrected chi connectivity index (χ3v) is 3.63. The molecule has 0 unspecified atom stereocenters. The summed E-state index contributed by atoms with van der Waals surface area (Å²) in [5.41, 5.74) is 5.24. The van der Waals surface area contributed by atoms with Crippen molar-refractivity contribution >= 4 is 34.5 Å². The van der Waals surface area contributed by atoms with Crippen LogP contribution < -0.4 is 11.1 Å². The second kappa shape index (κ2) is 5.41. The molecule has 0 atom stereocenters. The molecule has 5 heteroatoms.